The van der Waals surface area contributed by atoms with Gasteiger partial charge in [0.2, 0.25) is 0 Å². The van der Waals surface area contributed by atoms with E-state index in [1.54, 1.807) is 11.3 Å². The van der Waals surface area contributed by atoms with Crippen molar-refractivity contribution in [2.45, 2.75) is 33.2 Å². The molecule has 3 nitrogen and oxygen atoms in total. The second kappa shape index (κ2) is 6.07. The van der Waals surface area contributed by atoms with Crippen LogP contribution in [-0.4, -0.2) is 16.5 Å². The molecule has 0 saturated heterocycles. The lowest BCUT2D eigenvalue weighted by atomic mass is 10.0. The zero-order valence-corrected chi connectivity index (χ0v) is 11.9. The predicted molar refractivity (Wildman–Crippen MR) is 75.9 cm³/mol. The van der Waals surface area contributed by atoms with E-state index in [9.17, 15) is 0 Å². The Morgan fingerprint density at radius 2 is 2.22 bits per heavy atom. The van der Waals surface area contributed by atoms with Crippen molar-refractivity contribution in [1.82, 2.24) is 15.3 Å². The van der Waals surface area contributed by atoms with Gasteiger partial charge in [0, 0.05) is 29.7 Å². The molecule has 0 spiro atoms. The third kappa shape index (κ3) is 3.37. The van der Waals surface area contributed by atoms with E-state index in [4.69, 9.17) is 0 Å². The van der Waals surface area contributed by atoms with Crippen LogP contribution in [0.2, 0.25) is 0 Å². The Bertz CT molecular complexity index is 507. The summed E-state index contributed by atoms with van der Waals surface area (Å²) in [5, 5.41) is 6.80. The maximum absolute atomic E-state index is 4.54. The Balaban J connectivity index is 2.17. The van der Waals surface area contributed by atoms with Crippen LogP contribution in [0.1, 0.15) is 34.9 Å². The van der Waals surface area contributed by atoms with E-state index in [0.29, 0.717) is 6.04 Å². The molecule has 2 heterocycles. The number of aryl methyl sites for hydroxylation is 2. The van der Waals surface area contributed by atoms with Crippen molar-refractivity contribution >= 4 is 11.3 Å². The van der Waals surface area contributed by atoms with E-state index in [1.807, 2.05) is 20.0 Å². The minimum absolute atomic E-state index is 0.318. The molecule has 0 aromatic carbocycles. The molecule has 2 aromatic rings. The lowest BCUT2D eigenvalue weighted by Gasteiger charge is -2.17. The van der Waals surface area contributed by atoms with Crippen molar-refractivity contribution in [3.8, 4) is 0 Å². The van der Waals surface area contributed by atoms with E-state index < -0.39 is 0 Å². The van der Waals surface area contributed by atoms with Gasteiger partial charge in [0.15, 0.2) is 0 Å². The fourth-order valence-electron chi connectivity index (χ4n) is 2.05. The third-order valence-electron chi connectivity index (χ3n) is 2.85. The van der Waals surface area contributed by atoms with Gasteiger partial charge < -0.3 is 5.32 Å². The van der Waals surface area contributed by atoms with Crippen LogP contribution in [-0.2, 0) is 6.42 Å². The number of pyridine rings is 1. The minimum Gasteiger partial charge on any atom is -0.310 e. The number of hydrogen-bond acceptors (Lipinski definition) is 4. The van der Waals surface area contributed by atoms with Crippen molar-refractivity contribution in [1.29, 1.82) is 0 Å². The van der Waals surface area contributed by atoms with Crippen LogP contribution >= 0.6 is 11.3 Å². The fourth-order valence-corrected chi connectivity index (χ4v) is 2.68. The van der Waals surface area contributed by atoms with E-state index in [1.165, 1.54) is 5.56 Å². The maximum atomic E-state index is 4.54. The fraction of sp³-hybridized carbons (Fsp3) is 0.429. The number of nitrogens with zero attached hydrogens (tertiary/aromatic N) is 2. The van der Waals surface area contributed by atoms with Crippen molar-refractivity contribution in [3.63, 3.8) is 0 Å². The molecule has 1 atom stereocenters. The van der Waals surface area contributed by atoms with Crippen LogP contribution in [0.3, 0.4) is 0 Å². The van der Waals surface area contributed by atoms with E-state index in [0.717, 1.165) is 29.4 Å². The van der Waals surface area contributed by atoms with Gasteiger partial charge in [-0.25, -0.2) is 4.98 Å². The summed E-state index contributed by atoms with van der Waals surface area (Å²) < 4.78 is 0. The number of rotatable bonds is 5. The summed E-state index contributed by atoms with van der Waals surface area (Å²) >= 11 is 1.71. The minimum atomic E-state index is 0.318. The highest BCUT2D eigenvalue weighted by Gasteiger charge is 2.13. The smallest absolute Gasteiger partial charge is 0.0897 e. The second-order valence-corrected chi connectivity index (χ2v) is 5.47. The summed E-state index contributed by atoms with van der Waals surface area (Å²) in [4.78, 5) is 8.80. The van der Waals surface area contributed by atoms with Crippen molar-refractivity contribution < 1.29 is 0 Å². The number of hydrogen-bond donors (Lipinski definition) is 1. The molecule has 0 saturated carbocycles. The number of aromatic nitrogens is 2. The summed E-state index contributed by atoms with van der Waals surface area (Å²) in [5.41, 5.74) is 3.51. The Morgan fingerprint density at radius 1 is 1.39 bits per heavy atom. The highest BCUT2D eigenvalue weighted by atomic mass is 32.1. The Hall–Kier alpha value is -1.26. The summed E-state index contributed by atoms with van der Waals surface area (Å²) in [7, 11) is 0. The van der Waals surface area contributed by atoms with Gasteiger partial charge >= 0.3 is 0 Å². The average Bonchev–Trinajstić information content (AvgIpc) is 2.74. The average molecular weight is 261 g/mol. The predicted octanol–water partition coefficient (Wildman–Crippen LogP) is 3.05. The van der Waals surface area contributed by atoms with Crippen molar-refractivity contribution in [2.75, 3.05) is 6.54 Å². The highest BCUT2D eigenvalue weighted by molar-refractivity contribution is 7.09. The van der Waals surface area contributed by atoms with E-state index >= 15 is 0 Å². The number of likely N-dealkylation sites (N-methyl/N-ethyl adjacent to an activating group) is 1. The molecule has 0 aliphatic heterocycles. The molecule has 96 valence electrons. The first-order chi connectivity index (χ1) is 8.69. The standard InChI is InChI=1S/C14H19N3S/c1-4-15-14(8-13-9-18-11(3)17-13)12-5-6-16-10(2)7-12/h5-7,9,14-15H,4,8H2,1-3H3. The van der Waals surface area contributed by atoms with Gasteiger partial charge in [-0.05, 0) is 38.1 Å². The van der Waals surface area contributed by atoms with Crippen molar-refractivity contribution in [2.24, 2.45) is 0 Å². The Morgan fingerprint density at radius 3 is 2.83 bits per heavy atom. The maximum Gasteiger partial charge on any atom is 0.0897 e. The van der Waals surface area contributed by atoms with E-state index in [2.05, 4.69) is 39.7 Å². The first kappa shape index (κ1) is 13.2. The summed E-state index contributed by atoms with van der Waals surface area (Å²) in [6.45, 7) is 7.16. The van der Waals surface area contributed by atoms with Crippen LogP contribution in [0.4, 0.5) is 0 Å². The van der Waals surface area contributed by atoms with Crippen LogP contribution < -0.4 is 5.32 Å². The molecule has 4 heteroatoms. The lowest BCUT2D eigenvalue weighted by molar-refractivity contribution is 0.544. The van der Waals surface area contributed by atoms with Crippen LogP contribution in [0.15, 0.2) is 23.7 Å². The molecule has 1 unspecified atom stereocenters. The van der Waals surface area contributed by atoms with Crippen LogP contribution in [0.5, 0.6) is 0 Å². The van der Waals surface area contributed by atoms with Gasteiger partial charge in [0.1, 0.15) is 0 Å². The zero-order chi connectivity index (χ0) is 13.0. The SMILES string of the molecule is CCNC(Cc1csc(C)n1)c1ccnc(C)c1. The van der Waals surface area contributed by atoms with Gasteiger partial charge in [0.05, 0.1) is 10.7 Å². The molecule has 2 rings (SSSR count). The molecular formula is C14H19N3S. The van der Waals surface area contributed by atoms with Crippen LogP contribution in [0.25, 0.3) is 0 Å². The Labute approximate surface area is 112 Å². The second-order valence-electron chi connectivity index (χ2n) is 4.40. The summed E-state index contributed by atoms with van der Waals surface area (Å²) in [6, 6.07) is 4.55. The number of nitrogens with one attached hydrogen (secondary N) is 1. The van der Waals surface area contributed by atoms with Gasteiger partial charge in [-0.15, -0.1) is 11.3 Å². The molecule has 0 fully saturated rings. The molecule has 2 aromatic heterocycles. The molecule has 0 aliphatic carbocycles. The quantitative estimate of drug-likeness (QED) is 0.899. The van der Waals surface area contributed by atoms with Gasteiger partial charge in [-0.3, -0.25) is 4.98 Å². The first-order valence-corrected chi connectivity index (χ1v) is 7.14. The molecular weight excluding hydrogens is 242 g/mol. The normalized spacial score (nSPS) is 12.6. The van der Waals surface area contributed by atoms with E-state index in [-0.39, 0.29) is 0 Å². The third-order valence-corrected chi connectivity index (χ3v) is 3.68. The van der Waals surface area contributed by atoms with Crippen LogP contribution in [0, 0.1) is 13.8 Å². The monoisotopic (exact) mass is 261 g/mol. The van der Waals surface area contributed by atoms with Gasteiger partial charge in [-0.1, -0.05) is 6.92 Å². The Kier molecular flexibility index (Phi) is 4.44. The van der Waals surface area contributed by atoms with Crippen molar-refractivity contribution in [3.05, 3.63) is 45.7 Å². The first-order valence-electron chi connectivity index (χ1n) is 6.26. The molecule has 18 heavy (non-hydrogen) atoms. The largest absolute Gasteiger partial charge is 0.310 e. The molecule has 0 amide bonds. The molecule has 0 radical (unpaired) electrons. The zero-order valence-electron chi connectivity index (χ0n) is 11.1. The molecule has 0 aliphatic rings. The van der Waals surface area contributed by atoms with Gasteiger partial charge in [-0.2, -0.15) is 0 Å². The highest BCUT2D eigenvalue weighted by Crippen LogP contribution is 2.20. The molecule has 1 N–H and O–H groups in total. The summed E-state index contributed by atoms with van der Waals surface area (Å²) in [6.07, 6.45) is 2.81. The number of thiazole rings is 1. The molecule has 0 bridgehead atoms. The topological polar surface area (TPSA) is 37.8 Å². The van der Waals surface area contributed by atoms with Gasteiger partial charge in [0.25, 0.3) is 0 Å². The lowest BCUT2D eigenvalue weighted by Crippen LogP contribution is -2.23. The summed E-state index contributed by atoms with van der Waals surface area (Å²) in [5.74, 6) is 0.